The molecular weight excluding hydrogens is 494 g/mol. The molecule has 15 heteroatoms. The molecule has 4 N–H and O–H groups in total. The van der Waals surface area contributed by atoms with Gasteiger partial charge < -0.3 is 24.8 Å². The van der Waals surface area contributed by atoms with E-state index >= 15 is 4.39 Å². The fourth-order valence-corrected chi connectivity index (χ4v) is 4.11. The Kier molecular flexibility index (Phi) is 9.10. The molecule has 6 atom stereocenters. The summed E-state index contributed by atoms with van der Waals surface area (Å²) in [6.07, 6.45) is -5.87. The van der Waals surface area contributed by atoms with Crippen molar-refractivity contribution in [3.8, 4) is 0 Å². The number of nitrogens with one attached hydrogen (secondary N) is 1. The molecule has 3 rings (SSSR count). The Bertz CT molecular complexity index is 1130. The van der Waals surface area contributed by atoms with Crippen molar-refractivity contribution in [2.75, 3.05) is 26.9 Å². The number of hydrogen-bond acceptors (Lipinski definition) is 11. The zero-order chi connectivity index (χ0) is 25.6. The molecule has 0 amide bonds. The number of alkyl halides is 1. The van der Waals surface area contributed by atoms with Gasteiger partial charge in [-0.3, -0.25) is 27.9 Å². The molecule has 0 radical (unpaired) electrons. The lowest BCUT2D eigenvalue weighted by molar-refractivity contribution is -0.205. The first-order chi connectivity index (χ1) is 16.6. The van der Waals surface area contributed by atoms with Gasteiger partial charge in [0, 0.05) is 19.4 Å². The summed E-state index contributed by atoms with van der Waals surface area (Å²) in [5.41, 5.74) is -0.935. The number of H-pyrrole nitrogens is 1. The van der Waals surface area contributed by atoms with Crippen LogP contribution in [0.3, 0.4) is 0 Å². The zero-order valence-corrected chi connectivity index (χ0v) is 19.5. The van der Waals surface area contributed by atoms with Crippen molar-refractivity contribution in [1.29, 1.82) is 0 Å². The molecule has 1 saturated heterocycles. The molecule has 2 heterocycles. The number of ether oxygens (including phenoxy) is 2. The molecular formula is C20H26FN2O11P. The van der Waals surface area contributed by atoms with Crippen LogP contribution in [0.25, 0.3) is 0 Å². The van der Waals surface area contributed by atoms with Gasteiger partial charge in [-0.25, -0.2) is 13.8 Å². The highest BCUT2D eigenvalue weighted by molar-refractivity contribution is 7.48. The van der Waals surface area contributed by atoms with E-state index in [1.165, 1.54) is 0 Å². The third-order valence-electron chi connectivity index (χ3n) is 5.09. The van der Waals surface area contributed by atoms with Gasteiger partial charge in [-0.1, -0.05) is 30.3 Å². The van der Waals surface area contributed by atoms with Crippen molar-refractivity contribution in [2.24, 2.45) is 0 Å². The Morgan fingerprint density at radius 1 is 1.23 bits per heavy atom. The molecule has 1 aromatic carbocycles. The van der Waals surface area contributed by atoms with E-state index in [4.69, 9.17) is 23.0 Å². The Morgan fingerprint density at radius 2 is 1.94 bits per heavy atom. The molecule has 0 saturated carbocycles. The second kappa shape index (κ2) is 11.6. The summed E-state index contributed by atoms with van der Waals surface area (Å²) in [5.74, 6) is -3.13. The van der Waals surface area contributed by atoms with Crippen LogP contribution in [0.4, 0.5) is 4.39 Å². The van der Waals surface area contributed by atoms with E-state index in [9.17, 15) is 29.5 Å². The van der Waals surface area contributed by atoms with Gasteiger partial charge in [0.2, 0.25) is 0 Å². The lowest BCUT2D eigenvalue weighted by Crippen LogP contribution is -2.43. The normalized spacial score (nSPS) is 26.9. The Balaban J connectivity index is 1.60. The van der Waals surface area contributed by atoms with Crippen molar-refractivity contribution in [3.05, 3.63) is 69.0 Å². The van der Waals surface area contributed by atoms with Crippen LogP contribution in [0, 0.1) is 0 Å². The number of aliphatic hydroxyl groups is 3. The Labute approximate surface area is 198 Å². The molecule has 194 valence electrons. The number of hydrogen-bond donors (Lipinski definition) is 4. The Hall–Kier alpha value is -2.26. The van der Waals surface area contributed by atoms with Crippen LogP contribution in [0.1, 0.15) is 11.8 Å². The van der Waals surface area contributed by atoms with Crippen LogP contribution in [0.5, 0.6) is 0 Å². The molecule has 1 aliphatic heterocycles. The molecule has 2 unspecified atom stereocenters. The SMILES string of the molecule is COP(=O)(OCC(CO)OCc1ccccc1)OC[C@@]1(F)O[C@@H](n2ccc(=O)[nH]c2=O)[C@H](O)[C@@H]1O. The number of halogens is 1. The van der Waals surface area contributed by atoms with E-state index in [-0.39, 0.29) is 6.61 Å². The number of aromatic amines is 1. The van der Waals surface area contributed by atoms with E-state index in [1.54, 1.807) is 24.3 Å². The minimum Gasteiger partial charge on any atom is -0.394 e. The van der Waals surface area contributed by atoms with Crippen LogP contribution >= 0.6 is 7.82 Å². The van der Waals surface area contributed by atoms with E-state index in [1.807, 2.05) is 11.1 Å². The minimum atomic E-state index is -4.43. The maximum atomic E-state index is 15.3. The van der Waals surface area contributed by atoms with Gasteiger partial charge in [-0.05, 0) is 5.56 Å². The number of benzene rings is 1. The maximum Gasteiger partial charge on any atom is 0.474 e. The topological polar surface area (TPSA) is 179 Å². The van der Waals surface area contributed by atoms with Gasteiger partial charge in [-0.15, -0.1) is 0 Å². The first kappa shape index (κ1) is 27.3. The predicted octanol–water partition coefficient (Wildman–Crippen LogP) is -0.182. The lowest BCUT2D eigenvalue weighted by Gasteiger charge is -2.25. The van der Waals surface area contributed by atoms with Gasteiger partial charge in [-0.2, -0.15) is 0 Å². The summed E-state index contributed by atoms with van der Waals surface area (Å²) in [6.45, 7) is -2.04. The second-order valence-corrected chi connectivity index (χ2v) is 9.32. The average Bonchev–Trinajstić information content (AvgIpc) is 3.08. The highest BCUT2D eigenvalue weighted by atomic mass is 31.2. The van der Waals surface area contributed by atoms with Crippen LogP contribution < -0.4 is 11.2 Å². The highest BCUT2D eigenvalue weighted by Gasteiger charge is 2.57. The fraction of sp³-hybridized carbons (Fsp3) is 0.500. The molecule has 1 aliphatic rings. The summed E-state index contributed by atoms with van der Waals surface area (Å²) in [5, 5.41) is 29.8. The average molecular weight is 520 g/mol. The van der Waals surface area contributed by atoms with Crippen LogP contribution in [0.15, 0.2) is 52.2 Å². The summed E-state index contributed by atoms with van der Waals surface area (Å²) in [7, 11) is -3.47. The molecule has 0 spiro atoms. The maximum absolute atomic E-state index is 15.3. The molecule has 0 aliphatic carbocycles. The van der Waals surface area contributed by atoms with Crippen molar-refractivity contribution in [1.82, 2.24) is 9.55 Å². The zero-order valence-electron chi connectivity index (χ0n) is 18.6. The summed E-state index contributed by atoms with van der Waals surface area (Å²) in [6, 6.07) is 9.97. The first-order valence-electron chi connectivity index (χ1n) is 10.4. The Morgan fingerprint density at radius 3 is 2.57 bits per heavy atom. The van der Waals surface area contributed by atoms with Crippen LogP contribution in [-0.4, -0.2) is 76.0 Å². The highest BCUT2D eigenvalue weighted by Crippen LogP contribution is 2.51. The number of nitrogens with zero attached hydrogens (tertiary/aromatic N) is 1. The summed E-state index contributed by atoms with van der Waals surface area (Å²) >= 11 is 0. The van der Waals surface area contributed by atoms with Gasteiger partial charge in [0.05, 0.1) is 19.8 Å². The summed E-state index contributed by atoms with van der Waals surface area (Å²) in [4.78, 5) is 25.1. The summed E-state index contributed by atoms with van der Waals surface area (Å²) < 4.78 is 54.0. The third-order valence-corrected chi connectivity index (χ3v) is 6.45. The quantitative estimate of drug-likeness (QED) is 0.273. The van der Waals surface area contributed by atoms with Crippen LogP contribution in [0.2, 0.25) is 0 Å². The smallest absolute Gasteiger partial charge is 0.394 e. The van der Waals surface area contributed by atoms with Gasteiger partial charge in [0.15, 0.2) is 6.23 Å². The van der Waals surface area contributed by atoms with Crippen LogP contribution in [-0.2, 0) is 34.2 Å². The molecule has 35 heavy (non-hydrogen) atoms. The van der Waals surface area contributed by atoms with Gasteiger partial charge in [0.1, 0.15) is 24.9 Å². The van der Waals surface area contributed by atoms with Crippen molar-refractivity contribution in [3.63, 3.8) is 0 Å². The first-order valence-corrected chi connectivity index (χ1v) is 11.8. The molecule has 1 fully saturated rings. The van der Waals surface area contributed by atoms with Crippen molar-refractivity contribution >= 4 is 7.82 Å². The predicted molar refractivity (Wildman–Crippen MR) is 116 cm³/mol. The number of phosphoric acid groups is 1. The lowest BCUT2D eigenvalue weighted by atomic mass is 10.1. The fourth-order valence-electron chi connectivity index (χ4n) is 3.15. The minimum absolute atomic E-state index is 0.130. The van der Waals surface area contributed by atoms with Crippen molar-refractivity contribution in [2.45, 2.75) is 37.0 Å². The number of phosphoric ester groups is 1. The van der Waals surface area contributed by atoms with Crippen molar-refractivity contribution < 1.29 is 47.3 Å². The molecule has 1 aromatic heterocycles. The number of aliphatic hydroxyl groups excluding tert-OH is 3. The number of rotatable bonds is 12. The molecule has 2 aromatic rings. The van der Waals surface area contributed by atoms with Gasteiger partial charge in [0.25, 0.3) is 11.4 Å². The molecule has 13 nitrogen and oxygen atoms in total. The van der Waals surface area contributed by atoms with E-state index in [0.29, 0.717) is 4.57 Å². The van der Waals surface area contributed by atoms with E-state index < -0.39 is 69.3 Å². The third kappa shape index (κ3) is 6.70. The largest absolute Gasteiger partial charge is 0.474 e. The monoisotopic (exact) mass is 520 g/mol. The van der Waals surface area contributed by atoms with E-state index in [0.717, 1.165) is 24.9 Å². The van der Waals surface area contributed by atoms with E-state index in [2.05, 4.69) is 0 Å². The second-order valence-electron chi connectivity index (χ2n) is 7.55. The van der Waals surface area contributed by atoms with Gasteiger partial charge >= 0.3 is 13.5 Å². The molecule has 0 bridgehead atoms. The number of aromatic nitrogens is 2. The standard InChI is InChI=1S/C20H26FN2O11P/c1-30-35(29,32-11-14(9-24)31-10-13-5-3-2-4-6-13)33-12-20(21)17(27)16(26)18(34-20)23-8-7-15(25)22-19(23)28/h2-8,14,16-18,24,26-27H,9-12H2,1H3,(H,22,25,28)/t14?,16-,17+,18-,20-,35?/m1/s1.